The van der Waals surface area contributed by atoms with Crippen molar-refractivity contribution in [2.75, 3.05) is 0 Å². The zero-order valence-corrected chi connectivity index (χ0v) is 42.5. The second kappa shape index (κ2) is 28.4. The van der Waals surface area contributed by atoms with E-state index in [-0.39, 0.29) is 115 Å². The van der Waals surface area contributed by atoms with E-state index in [0.717, 1.165) is 49.4 Å². The first-order valence-corrected chi connectivity index (χ1v) is 19.5. The van der Waals surface area contributed by atoms with Gasteiger partial charge in [-0.2, -0.15) is 0 Å². The third-order valence-electron chi connectivity index (χ3n) is 8.16. The van der Waals surface area contributed by atoms with Gasteiger partial charge in [-0.25, -0.2) is 8.78 Å². The largest absolute Gasteiger partial charge is 1.00 e. The Morgan fingerprint density at radius 3 is 1.15 bits per heavy atom. The molecule has 0 atom stereocenters. The molecular formula is C49H36Br2F2K2O6. The minimum atomic E-state index is -0.574. The van der Waals surface area contributed by atoms with E-state index in [4.69, 9.17) is 19.5 Å². The number of aromatic hydroxyl groups is 1. The van der Waals surface area contributed by atoms with Crippen molar-refractivity contribution in [1.29, 1.82) is 0 Å². The van der Waals surface area contributed by atoms with Gasteiger partial charge in [-0.3, -0.25) is 4.79 Å². The number of carbonyl (C=O) groups is 1. The van der Waals surface area contributed by atoms with Crippen LogP contribution in [-0.4, -0.2) is 11.6 Å². The van der Waals surface area contributed by atoms with Gasteiger partial charge in [0.2, 0.25) is 0 Å². The SMILES string of the molecule is Brc1c(Oc2cccc(-c3ccccc3)c2)cccc1Oc1cccc(-c2ccccc2)c1.Fc1cccc(F)c1Br.O=CO[O-].Oc1cccc(-c2ccccc2)c1.[H-].[K+].[K+]. The van der Waals surface area contributed by atoms with Gasteiger partial charge in [0.1, 0.15) is 44.9 Å². The van der Waals surface area contributed by atoms with E-state index >= 15 is 0 Å². The molecule has 0 unspecified atom stereocenters. The fraction of sp³-hybridized carbons (Fsp3) is 0. The van der Waals surface area contributed by atoms with Crippen LogP contribution in [0.25, 0.3) is 33.4 Å². The second-order valence-corrected chi connectivity index (χ2v) is 13.8. The minimum absolute atomic E-state index is 0. The van der Waals surface area contributed by atoms with Crippen LogP contribution in [0.3, 0.4) is 0 Å². The van der Waals surface area contributed by atoms with Crippen molar-refractivity contribution in [3.05, 3.63) is 221 Å². The fourth-order valence-electron chi connectivity index (χ4n) is 5.44. The topological polar surface area (TPSA) is 88.1 Å². The summed E-state index contributed by atoms with van der Waals surface area (Å²) in [7, 11) is 0. The minimum Gasteiger partial charge on any atom is -1.00 e. The monoisotopic (exact) mass is 994 g/mol. The van der Waals surface area contributed by atoms with E-state index in [1.807, 2.05) is 133 Å². The normalized spacial score (nSPS) is 9.59. The van der Waals surface area contributed by atoms with Crippen molar-refractivity contribution in [1.82, 2.24) is 0 Å². The predicted octanol–water partition coefficient (Wildman–Crippen LogP) is 7.71. The molecule has 0 aliphatic rings. The number of phenols is 1. The molecule has 0 heterocycles. The standard InChI is InChI=1S/C30H21BrO2.C12H10O.C6H3BrF2.CH2O3.2K.H/c31-30-28(32-26-16-7-14-24(20-26)22-10-3-1-4-11-22)18-9-19-29(30)33-27-17-8-15-25(21-27)23-12-5-2-6-13-23;13-12-8-4-7-11(9-12)10-5-2-1-3-6-10;7-6-4(8)2-1-3-5(6)9;2-1-4-3;;;/h1-21H;1-9,13H;1-3H;1,3H;;;/q;;;;2*+1;-1/p-1. The summed E-state index contributed by atoms with van der Waals surface area (Å²) in [4.78, 5) is 11.2. The molecule has 8 aromatic carbocycles. The van der Waals surface area contributed by atoms with Gasteiger partial charge < -0.3 is 26.2 Å². The summed E-state index contributed by atoms with van der Waals surface area (Å²) in [6.07, 6.45) is 0. The average molecular weight is 997 g/mol. The van der Waals surface area contributed by atoms with Crippen LogP contribution in [0.2, 0.25) is 0 Å². The number of phenolic OH excluding ortho intramolecular Hbond substituents is 1. The number of hydrogen-bond donors (Lipinski definition) is 1. The maximum atomic E-state index is 12.3. The summed E-state index contributed by atoms with van der Waals surface area (Å²) in [5, 5.41) is 17.7. The molecular weight excluding hydrogens is 961 g/mol. The van der Waals surface area contributed by atoms with Gasteiger partial charge in [-0.05, 0) is 126 Å². The molecule has 0 aromatic heterocycles. The number of ether oxygens (including phenoxy) is 2. The van der Waals surface area contributed by atoms with Gasteiger partial charge in [0.05, 0.1) is 4.47 Å². The molecule has 0 bridgehead atoms. The summed E-state index contributed by atoms with van der Waals surface area (Å²) >= 11 is 6.40. The Balaban J connectivity index is 0.000000374. The Bertz CT molecular complexity index is 2420. The Morgan fingerprint density at radius 2 is 0.787 bits per heavy atom. The maximum absolute atomic E-state index is 12.3. The van der Waals surface area contributed by atoms with Gasteiger partial charge in [-0.15, -0.1) is 0 Å². The summed E-state index contributed by atoms with van der Waals surface area (Å²) in [6, 6.07) is 63.4. The zero-order chi connectivity index (χ0) is 41.8. The van der Waals surface area contributed by atoms with E-state index in [2.05, 4.69) is 73.1 Å². The number of benzene rings is 8. The van der Waals surface area contributed by atoms with E-state index in [1.54, 1.807) is 12.1 Å². The van der Waals surface area contributed by atoms with Crippen molar-refractivity contribution in [2.45, 2.75) is 0 Å². The van der Waals surface area contributed by atoms with Gasteiger partial charge in [0, 0.05) is 0 Å². The van der Waals surface area contributed by atoms with Crippen molar-refractivity contribution in [3.63, 3.8) is 0 Å². The average Bonchev–Trinajstić information content (AvgIpc) is 3.28. The Kier molecular flexibility index (Phi) is 24.2. The van der Waals surface area contributed by atoms with Crippen LogP contribution in [0.5, 0.6) is 28.7 Å². The van der Waals surface area contributed by atoms with Crippen molar-refractivity contribution in [3.8, 4) is 62.1 Å². The second-order valence-electron chi connectivity index (χ2n) is 12.2. The van der Waals surface area contributed by atoms with E-state index in [1.165, 1.54) is 18.2 Å². The molecule has 0 saturated carbocycles. The maximum Gasteiger partial charge on any atom is 1.00 e. The molecule has 0 amide bonds. The number of carbonyl (C=O) groups excluding carboxylic acids is 1. The van der Waals surface area contributed by atoms with Crippen molar-refractivity contribution < 1.29 is 142 Å². The number of halogens is 4. The summed E-state index contributed by atoms with van der Waals surface area (Å²) in [5.74, 6) is 2.07. The molecule has 0 fully saturated rings. The fourth-order valence-corrected chi connectivity index (χ4v) is 6.13. The quantitative estimate of drug-likeness (QED) is 0.0553. The van der Waals surface area contributed by atoms with Crippen LogP contribution in [0.15, 0.2) is 209 Å². The molecule has 0 aliphatic carbocycles. The summed E-state index contributed by atoms with van der Waals surface area (Å²) in [6.45, 7) is -0.181. The van der Waals surface area contributed by atoms with E-state index in [9.17, 15) is 13.9 Å². The van der Waals surface area contributed by atoms with E-state index in [0.29, 0.717) is 17.2 Å². The van der Waals surface area contributed by atoms with Crippen LogP contribution in [0.4, 0.5) is 8.78 Å². The van der Waals surface area contributed by atoms with Gasteiger partial charge in [-0.1, -0.05) is 140 Å². The van der Waals surface area contributed by atoms with E-state index < -0.39 is 11.6 Å². The van der Waals surface area contributed by atoms with Gasteiger partial charge in [0.25, 0.3) is 6.47 Å². The Hall–Kier alpha value is -3.32. The Morgan fingerprint density at radius 1 is 0.459 bits per heavy atom. The van der Waals surface area contributed by atoms with Crippen LogP contribution in [-0.2, 0) is 9.68 Å². The number of rotatable bonds is 8. The Labute approximate surface area is 457 Å². The van der Waals surface area contributed by atoms with Gasteiger partial charge in [0.15, 0.2) is 0 Å². The first-order valence-electron chi connectivity index (χ1n) is 17.9. The molecule has 6 nitrogen and oxygen atoms in total. The zero-order valence-electron chi connectivity index (χ0n) is 34.1. The third kappa shape index (κ3) is 17.1. The van der Waals surface area contributed by atoms with Crippen LogP contribution < -0.4 is 118 Å². The first-order chi connectivity index (χ1) is 28.7. The molecule has 12 heteroatoms. The molecule has 298 valence electrons. The smallest absolute Gasteiger partial charge is 1.00 e. The molecule has 0 radical (unpaired) electrons. The molecule has 61 heavy (non-hydrogen) atoms. The summed E-state index contributed by atoms with van der Waals surface area (Å²) in [5.41, 5.74) is 6.68. The molecule has 8 rings (SSSR count). The van der Waals surface area contributed by atoms with Crippen LogP contribution in [0, 0.1) is 11.6 Å². The molecule has 0 spiro atoms. The van der Waals surface area contributed by atoms with Crippen LogP contribution in [0.1, 0.15) is 1.43 Å². The van der Waals surface area contributed by atoms with Crippen molar-refractivity contribution >= 4 is 38.3 Å². The molecule has 8 aromatic rings. The van der Waals surface area contributed by atoms with Crippen LogP contribution >= 0.6 is 31.9 Å². The van der Waals surface area contributed by atoms with Crippen molar-refractivity contribution in [2.24, 2.45) is 0 Å². The first kappa shape index (κ1) is 52.0. The molecule has 1 N–H and O–H groups in total. The summed E-state index contributed by atoms with van der Waals surface area (Å²) < 4.78 is 37.7. The molecule has 0 aliphatic heterocycles. The number of hydrogen-bond acceptors (Lipinski definition) is 6. The van der Waals surface area contributed by atoms with Gasteiger partial charge >= 0.3 is 103 Å². The predicted molar refractivity (Wildman–Crippen MR) is 234 cm³/mol. The molecule has 0 saturated heterocycles. The third-order valence-corrected chi connectivity index (χ3v) is 9.70.